The van der Waals surface area contributed by atoms with Gasteiger partial charge in [0.1, 0.15) is 11.8 Å². The molecule has 2 unspecified atom stereocenters. The van der Waals surface area contributed by atoms with Gasteiger partial charge in [0.2, 0.25) is 5.79 Å². The van der Waals surface area contributed by atoms with Crippen LogP contribution in [-0.4, -0.2) is 59.8 Å². The minimum atomic E-state index is -0.882. The molecule has 6 nitrogen and oxygen atoms in total. The van der Waals surface area contributed by atoms with E-state index in [4.69, 9.17) is 14.2 Å². The van der Waals surface area contributed by atoms with Crippen molar-refractivity contribution >= 4 is 0 Å². The average Bonchev–Trinajstić information content (AvgIpc) is 3.32. The molecule has 2 spiro atoms. The average molecular weight is 408 g/mol. The van der Waals surface area contributed by atoms with Crippen molar-refractivity contribution in [2.45, 2.75) is 73.9 Å². The lowest BCUT2D eigenvalue weighted by Crippen LogP contribution is -2.79. The molecule has 0 amide bonds. The van der Waals surface area contributed by atoms with Crippen LogP contribution in [0.3, 0.4) is 0 Å². The molecule has 30 heavy (non-hydrogen) atoms. The zero-order chi connectivity index (χ0) is 20.1. The maximum atomic E-state index is 12.5. The van der Waals surface area contributed by atoms with E-state index in [1.807, 2.05) is 6.07 Å². The number of rotatable bonds is 2. The standard InChI is InChI=1S/C24H28N2O4/c25-13-17-5-4-16-12-18-23(27)6-7-24(28-10-11-29-24)21-22(23,19(16)20(17)30-21)8-9-26(18)14-15-2-1-3-15/h4-5,15,18,21,27H,1-3,6-12,14H2/t18-,21?,22+,23?/m1/s1. The Bertz CT molecular complexity index is 963. The van der Waals surface area contributed by atoms with Gasteiger partial charge in [0, 0.05) is 24.6 Å². The van der Waals surface area contributed by atoms with Crippen LogP contribution in [0.5, 0.6) is 5.75 Å². The Balaban J connectivity index is 1.42. The van der Waals surface area contributed by atoms with E-state index >= 15 is 0 Å². The van der Waals surface area contributed by atoms with Gasteiger partial charge in [-0.15, -0.1) is 0 Å². The second-order valence-corrected chi connectivity index (χ2v) is 10.3. The summed E-state index contributed by atoms with van der Waals surface area (Å²) in [6.45, 7) is 3.15. The van der Waals surface area contributed by atoms with E-state index in [2.05, 4.69) is 17.0 Å². The highest BCUT2D eigenvalue weighted by atomic mass is 16.8. The summed E-state index contributed by atoms with van der Waals surface area (Å²) >= 11 is 0. The zero-order valence-electron chi connectivity index (χ0n) is 17.2. The molecule has 3 aliphatic carbocycles. The van der Waals surface area contributed by atoms with Crippen LogP contribution in [-0.2, 0) is 21.3 Å². The lowest BCUT2D eigenvalue weighted by atomic mass is 9.48. The molecule has 158 valence electrons. The van der Waals surface area contributed by atoms with Gasteiger partial charge in [-0.3, -0.25) is 4.90 Å². The van der Waals surface area contributed by atoms with Gasteiger partial charge >= 0.3 is 0 Å². The lowest BCUT2D eigenvalue weighted by Gasteiger charge is -2.65. The minimum absolute atomic E-state index is 0.0862. The molecule has 4 fully saturated rings. The maximum absolute atomic E-state index is 12.5. The number of likely N-dealkylation sites (tertiary alicyclic amines) is 1. The van der Waals surface area contributed by atoms with Crippen molar-refractivity contribution in [2.24, 2.45) is 5.92 Å². The van der Waals surface area contributed by atoms with Crippen LogP contribution in [0, 0.1) is 17.2 Å². The maximum Gasteiger partial charge on any atom is 0.207 e. The normalized spacial score (nSPS) is 40.5. The van der Waals surface area contributed by atoms with E-state index in [1.54, 1.807) is 0 Å². The fraction of sp³-hybridized carbons (Fsp3) is 0.708. The molecule has 1 aromatic rings. The van der Waals surface area contributed by atoms with Gasteiger partial charge in [-0.05, 0) is 56.2 Å². The van der Waals surface area contributed by atoms with Crippen molar-refractivity contribution in [3.05, 3.63) is 28.8 Å². The predicted molar refractivity (Wildman–Crippen MR) is 107 cm³/mol. The van der Waals surface area contributed by atoms with Gasteiger partial charge in [-0.25, -0.2) is 0 Å². The molecule has 1 aromatic carbocycles. The summed E-state index contributed by atoms with van der Waals surface area (Å²) in [5.41, 5.74) is 1.42. The van der Waals surface area contributed by atoms with Crippen molar-refractivity contribution in [3.8, 4) is 11.8 Å². The van der Waals surface area contributed by atoms with Crippen LogP contribution in [0.1, 0.15) is 55.2 Å². The zero-order valence-corrected chi connectivity index (χ0v) is 17.2. The number of piperidine rings is 1. The molecule has 0 aromatic heterocycles. The largest absolute Gasteiger partial charge is 0.482 e. The molecule has 3 heterocycles. The van der Waals surface area contributed by atoms with Gasteiger partial charge in [0.25, 0.3) is 0 Å². The first-order valence-electron chi connectivity index (χ1n) is 11.6. The summed E-state index contributed by atoms with van der Waals surface area (Å²) in [5.74, 6) is 0.630. The lowest BCUT2D eigenvalue weighted by molar-refractivity contribution is -0.297. The van der Waals surface area contributed by atoms with Crippen LogP contribution in [0.15, 0.2) is 12.1 Å². The third kappa shape index (κ3) is 1.90. The summed E-state index contributed by atoms with van der Waals surface area (Å²) < 4.78 is 19.0. The van der Waals surface area contributed by atoms with Crippen molar-refractivity contribution in [2.75, 3.05) is 26.3 Å². The Morgan fingerprint density at radius 1 is 1.17 bits per heavy atom. The number of aliphatic hydroxyl groups is 1. The Morgan fingerprint density at radius 2 is 2.00 bits per heavy atom. The highest BCUT2D eigenvalue weighted by Crippen LogP contribution is 2.67. The second-order valence-electron chi connectivity index (χ2n) is 10.3. The Morgan fingerprint density at radius 3 is 2.73 bits per heavy atom. The molecule has 1 N–H and O–H groups in total. The molecule has 2 saturated heterocycles. The second kappa shape index (κ2) is 5.77. The first-order chi connectivity index (χ1) is 14.6. The number of hydrogen-bond donors (Lipinski definition) is 1. The third-order valence-corrected chi connectivity index (χ3v) is 9.21. The molecule has 7 rings (SSSR count). The molecule has 6 aliphatic rings. The van der Waals surface area contributed by atoms with Crippen molar-refractivity contribution in [3.63, 3.8) is 0 Å². The van der Waals surface area contributed by atoms with Crippen molar-refractivity contribution < 1.29 is 19.3 Å². The van der Waals surface area contributed by atoms with E-state index in [9.17, 15) is 10.4 Å². The molecule has 4 atom stereocenters. The molecule has 3 aliphatic heterocycles. The fourth-order valence-corrected chi connectivity index (χ4v) is 7.68. The van der Waals surface area contributed by atoms with Crippen LogP contribution in [0.4, 0.5) is 0 Å². The predicted octanol–water partition coefficient (Wildman–Crippen LogP) is 2.26. The van der Waals surface area contributed by atoms with Gasteiger partial charge in [0.15, 0.2) is 6.10 Å². The molecular weight excluding hydrogens is 380 g/mol. The quantitative estimate of drug-likeness (QED) is 0.809. The Kier molecular flexibility index (Phi) is 3.46. The summed E-state index contributed by atoms with van der Waals surface area (Å²) in [6, 6.07) is 6.39. The first kappa shape index (κ1) is 18.0. The minimum Gasteiger partial charge on any atom is -0.482 e. The molecular formula is C24H28N2O4. The highest BCUT2D eigenvalue weighted by molar-refractivity contribution is 5.63. The van der Waals surface area contributed by atoms with Crippen LogP contribution < -0.4 is 4.74 Å². The number of fused-ring (bicyclic) bond motifs is 1. The van der Waals surface area contributed by atoms with E-state index in [0.717, 1.165) is 37.4 Å². The number of hydrogen-bond acceptors (Lipinski definition) is 6. The summed E-state index contributed by atoms with van der Waals surface area (Å²) in [4.78, 5) is 2.57. The van der Waals surface area contributed by atoms with Gasteiger partial charge in [-0.1, -0.05) is 12.5 Å². The van der Waals surface area contributed by atoms with Gasteiger partial charge < -0.3 is 19.3 Å². The number of ether oxygens (including phenoxy) is 3. The number of nitriles is 1. The van der Waals surface area contributed by atoms with Crippen molar-refractivity contribution in [1.29, 1.82) is 5.26 Å². The number of nitrogens with zero attached hydrogens (tertiary/aromatic N) is 2. The van der Waals surface area contributed by atoms with Crippen LogP contribution in [0.25, 0.3) is 0 Å². The Labute approximate surface area is 176 Å². The fourth-order valence-electron chi connectivity index (χ4n) is 7.68. The molecule has 0 radical (unpaired) electrons. The van der Waals surface area contributed by atoms with Gasteiger partial charge in [0.05, 0.1) is 29.8 Å². The van der Waals surface area contributed by atoms with Gasteiger partial charge in [-0.2, -0.15) is 5.26 Å². The molecule has 2 bridgehead atoms. The van der Waals surface area contributed by atoms with Crippen LogP contribution in [0.2, 0.25) is 0 Å². The highest BCUT2D eigenvalue weighted by Gasteiger charge is 2.77. The summed E-state index contributed by atoms with van der Waals surface area (Å²) in [7, 11) is 0. The van der Waals surface area contributed by atoms with E-state index in [-0.39, 0.29) is 6.04 Å². The Hall–Kier alpha value is -1.65. The monoisotopic (exact) mass is 408 g/mol. The molecule has 2 saturated carbocycles. The smallest absolute Gasteiger partial charge is 0.207 e. The SMILES string of the molecule is N#Cc1ccc2c3c1OC1C4(CCC5(O)[C@@H](C2)N(CC2CCC2)CC[C@]315)OCCO4. The first-order valence-corrected chi connectivity index (χ1v) is 11.6. The summed E-state index contributed by atoms with van der Waals surface area (Å²) in [6.07, 6.45) is 6.50. The van der Waals surface area contributed by atoms with Crippen LogP contribution >= 0.6 is 0 Å². The topological polar surface area (TPSA) is 75.0 Å². The summed E-state index contributed by atoms with van der Waals surface area (Å²) in [5, 5.41) is 22.2. The molecule has 6 heteroatoms. The van der Waals surface area contributed by atoms with Crippen molar-refractivity contribution in [1.82, 2.24) is 4.90 Å². The van der Waals surface area contributed by atoms with E-state index in [0.29, 0.717) is 37.4 Å². The number of benzene rings is 1. The van der Waals surface area contributed by atoms with E-state index in [1.165, 1.54) is 24.8 Å². The van der Waals surface area contributed by atoms with E-state index < -0.39 is 22.9 Å². The third-order valence-electron chi connectivity index (χ3n) is 9.21.